The zero-order valence-electron chi connectivity index (χ0n) is 11.5. The normalized spacial score (nSPS) is 15.4. The number of hydrogen-bond acceptors (Lipinski definition) is 3. The SMILES string of the molecule is CC(C)CCS(=O)(=O)C(C)CNC(C)(C)C. The molecule has 3 nitrogen and oxygen atoms in total. The Kier molecular flexibility index (Phi) is 5.98. The van der Waals surface area contributed by atoms with Crippen LogP contribution in [0.1, 0.15) is 48.0 Å². The lowest BCUT2D eigenvalue weighted by Crippen LogP contribution is -2.42. The largest absolute Gasteiger partial charge is 0.311 e. The number of nitrogens with one attached hydrogen (secondary N) is 1. The van der Waals surface area contributed by atoms with Crippen LogP contribution < -0.4 is 5.32 Å². The van der Waals surface area contributed by atoms with E-state index in [4.69, 9.17) is 0 Å². The highest BCUT2D eigenvalue weighted by Gasteiger charge is 2.22. The molecule has 0 amide bonds. The third-order valence-corrected chi connectivity index (χ3v) is 4.71. The Hall–Kier alpha value is -0.0900. The molecule has 4 heteroatoms. The van der Waals surface area contributed by atoms with Crippen LogP contribution in [0.2, 0.25) is 0 Å². The Labute approximate surface area is 101 Å². The van der Waals surface area contributed by atoms with E-state index in [-0.39, 0.29) is 10.8 Å². The summed E-state index contributed by atoms with van der Waals surface area (Å²) in [7, 11) is -2.94. The van der Waals surface area contributed by atoms with E-state index in [1.165, 1.54) is 0 Å². The van der Waals surface area contributed by atoms with E-state index >= 15 is 0 Å². The van der Waals surface area contributed by atoms with Gasteiger partial charge in [-0.15, -0.1) is 0 Å². The average molecular weight is 249 g/mol. The van der Waals surface area contributed by atoms with Gasteiger partial charge in [0, 0.05) is 12.1 Å². The van der Waals surface area contributed by atoms with Crippen molar-refractivity contribution in [2.75, 3.05) is 12.3 Å². The van der Waals surface area contributed by atoms with Crippen molar-refractivity contribution in [1.82, 2.24) is 5.32 Å². The predicted molar refractivity (Wildman–Crippen MR) is 70.5 cm³/mol. The Morgan fingerprint density at radius 3 is 2.00 bits per heavy atom. The molecule has 0 fully saturated rings. The van der Waals surface area contributed by atoms with Crippen LogP contribution in [0.15, 0.2) is 0 Å². The smallest absolute Gasteiger partial charge is 0.154 e. The van der Waals surface area contributed by atoms with Crippen molar-refractivity contribution in [3.63, 3.8) is 0 Å². The molecular formula is C12H27NO2S. The zero-order valence-corrected chi connectivity index (χ0v) is 12.3. The Balaban J connectivity index is 4.20. The Morgan fingerprint density at radius 1 is 1.12 bits per heavy atom. The van der Waals surface area contributed by atoms with E-state index in [1.807, 2.05) is 34.6 Å². The summed E-state index contributed by atoms with van der Waals surface area (Å²) < 4.78 is 23.8. The molecule has 0 aromatic heterocycles. The molecule has 0 heterocycles. The maximum absolute atomic E-state index is 11.9. The van der Waals surface area contributed by atoms with Gasteiger partial charge in [-0.1, -0.05) is 13.8 Å². The van der Waals surface area contributed by atoms with Crippen LogP contribution in [0.3, 0.4) is 0 Å². The highest BCUT2D eigenvalue weighted by atomic mass is 32.2. The fourth-order valence-corrected chi connectivity index (χ4v) is 2.72. The highest BCUT2D eigenvalue weighted by Crippen LogP contribution is 2.09. The van der Waals surface area contributed by atoms with Crippen LogP contribution >= 0.6 is 0 Å². The molecular weight excluding hydrogens is 222 g/mol. The van der Waals surface area contributed by atoms with Crippen LogP contribution in [-0.4, -0.2) is 31.5 Å². The summed E-state index contributed by atoms with van der Waals surface area (Å²) in [6.45, 7) is 12.5. The predicted octanol–water partition coefficient (Wildman–Crippen LogP) is 2.22. The van der Waals surface area contributed by atoms with Crippen LogP contribution in [0.5, 0.6) is 0 Å². The van der Waals surface area contributed by atoms with E-state index in [0.29, 0.717) is 18.2 Å². The van der Waals surface area contributed by atoms with Crippen LogP contribution in [-0.2, 0) is 9.84 Å². The van der Waals surface area contributed by atoms with Crippen molar-refractivity contribution in [3.8, 4) is 0 Å². The molecule has 0 bridgehead atoms. The first kappa shape index (κ1) is 15.9. The van der Waals surface area contributed by atoms with Gasteiger partial charge >= 0.3 is 0 Å². The van der Waals surface area contributed by atoms with Gasteiger partial charge in [0.2, 0.25) is 0 Å². The first-order valence-electron chi connectivity index (χ1n) is 6.01. The van der Waals surface area contributed by atoms with Gasteiger partial charge in [-0.05, 0) is 40.0 Å². The van der Waals surface area contributed by atoms with Gasteiger partial charge in [-0.2, -0.15) is 0 Å². The number of hydrogen-bond donors (Lipinski definition) is 1. The molecule has 1 N–H and O–H groups in total. The van der Waals surface area contributed by atoms with E-state index in [1.54, 1.807) is 6.92 Å². The summed E-state index contributed by atoms with van der Waals surface area (Å²) in [4.78, 5) is 0. The molecule has 16 heavy (non-hydrogen) atoms. The van der Waals surface area contributed by atoms with Gasteiger partial charge in [-0.25, -0.2) is 8.42 Å². The summed E-state index contributed by atoms with van der Waals surface area (Å²) in [5.74, 6) is 0.745. The second-order valence-electron chi connectivity index (χ2n) is 5.99. The number of rotatable bonds is 6. The van der Waals surface area contributed by atoms with Crippen molar-refractivity contribution in [3.05, 3.63) is 0 Å². The van der Waals surface area contributed by atoms with Gasteiger partial charge in [-0.3, -0.25) is 0 Å². The standard InChI is InChI=1S/C12H27NO2S/c1-10(2)7-8-16(14,15)11(3)9-13-12(4,5)6/h10-11,13H,7-9H2,1-6H3. The Bertz CT molecular complexity index is 289. The second kappa shape index (κ2) is 6.01. The van der Waals surface area contributed by atoms with Gasteiger partial charge in [0.1, 0.15) is 0 Å². The van der Waals surface area contributed by atoms with Gasteiger partial charge in [0.15, 0.2) is 9.84 Å². The second-order valence-corrected chi connectivity index (χ2v) is 8.53. The van der Waals surface area contributed by atoms with Gasteiger partial charge in [0.05, 0.1) is 11.0 Å². The lowest BCUT2D eigenvalue weighted by molar-refractivity contribution is 0.424. The molecule has 0 aliphatic rings. The number of sulfone groups is 1. The third-order valence-electron chi connectivity index (χ3n) is 2.51. The zero-order chi connectivity index (χ0) is 13.0. The molecule has 0 saturated carbocycles. The van der Waals surface area contributed by atoms with Gasteiger partial charge in [0.25, 0.3) is 0 Å². The molecule has 0 aliphatic heterocycles. The molecule has 0 aromatic rings. The summed E-state index contributed by atoms with van der Waals surface area (Å²) in [5.41, 5.74) is -0.0260. The van der Waals surface area contributed by atoms with Crippen LogP contribution in [0, 0.1) is 5.92 Å². The summed E-state index contributed by atoms with van der Waals surface area (Å²) in [6.07, 6.45) is 0.752. The third kappa shape index (κ3) is 7.23. The molecule has 0 saturated heterocycles. The quantitative estimate of drug-likeness (QED) is 0.785. The minimum Gasteiger partial charge on any atom is -0.311 e. The molecule has 0 spiro atoms. The monoisotopic (exact) mass is 249 g/mol. The minimum atomic E-state index is -2.94. The van der Waals surface area contributed by atoms with Crippen molar-refractivity contribution >= 4 is 9.84 Å². The maximum Gasteiger partial charge on any atom is 0.154 e. The lowest BCUT2D eigenvalue weighted by atomic mass is 10.1. The first-order valence-corrected chi connectivity index (χ1v) is 7.73. The summed E-state index contributed by atoms with van der Waals surface area (Å²) in [5, 5.41) is 2.94. The Morgan fingerprint density at radius 2 is 1.62 bits per heavy atom. The van der Waals surface area contributed by atoms with E-state index in [0.717, 1.165) is 6.42 Å². The van der Waals surface area contributed by atoms with Crippen molar-refractivity contribution in [1.29, 1.82) is 0 Å². The van der Waals surface area contributed by atoms with E-state index in [2.05, 4.69) is 5.32 Å². The topological polar surface area (TPSA) is 46.2 Å². The van der Waals surface area contributed by atoms with Crippen LogP contribution in [0.25, 0.3) is 0 Å². The molecule has 0 aliphatic carbocycles. The highest BCUT2D eigenvalue weighted by molar-refractivity contribution is 7.92. The lowest BCUT2D eigenvalue weighted by Gasteiger charge is -2.23. The van der Waals surface area contributed by atoms with Crippen molar-refractivity contribution in [2.45, 2.75) is 58.8 Å². The summed E-state index contributed by atoms with van der Waals surface area (Å²) in [6, 6.07) is 0. The van der Waals surface area contributed by atoms with Gasteiger partial charge < -0.3 is 5.32 Å². The molecule has 0 aromatic carbocycles. The minimum absolute atomic E-state index is 0.0260. The molecule has 0 radical (unpaired) electrons. The van der Waals surface area contributed by atoms with E-state index in [9.17, 15) is 8.42 Å². The average Bonchev–Trinajstić information content (AvgIpc) is 2.09. The van der Waals surface area contributed by atoms with Crippen molar-refractivity contribution < 1.29 is 8.42 Å². The fraction of sp³-hybridized carbons (Fsp3) is 1.00. The van der Waals surface area contributed by atoms with E-state index < -0.39 is 9.84 Å². The molecule has 1 atom stereocenters. The molecule has 0 rings (SSSR count). The molecule has 98 valence electrons. The first-order chi connectivity index (χ1) is 7.04. The van der Waals surface area contributed by atoms with Crippen LogP contribution in [0.4, 0.5) is 0 Å². The van der Waals surface area contributed by atoms with Crippen molar-refractivity contribution in [2.24, 2.45) is 5.92 Å². The molecule has 1 unspecified atom stereocenters. The maximum atomic E-state index is 11.9. The summed E-state index contributed by atoms with van der Waals surface area (Å²) >= 11 is 0. The fourth-order valence-electron chi connectivity index (χ4n) is 1.18.